The molecule has 2 aromatic carbocycles. The number of aryl methyl sites for hydroxylation is 2. The first-order valence-corrected chi connectivity index (χ1v) is 9.52. The van der Waals surface area contributed by atoms with Gasteiger partial charge in [0.1, 0.15) is 5.75 Å². The third-order valence-electron chi connectivity index (χ3n) is 3.89. The number of ether oxygens (including phenoxy) is 1. The number of fused-ring (bicyclic) bond motifs is 1. The van der Waals surface area contributed by atoms with E-state index in [1.54, 1.807) is 12.1 Å². The fourth-order valence-corrected chi connectivity index (χ4v) is 3.63. The molecule has 1 aromatic heterocycles. The quantitative estimate of drug-likeness (QED) is 0.607. The summed E-state index contributed by atoms with van der Waals surface area (Å²) in [4.78, 5) is 16.9. The van der Waals surface area contributed by atoms with E-state index in [1.807, 2.05) is 36.7 Å². The third kappa shape index (κ3) is 3.92. The maximum Gasteiger partial charge on any atom is 0.234 e. The van der Waals surface area contributed by atoms with E-state index in [0.29, 0.717) is 21.5 Å². The number of carbonyl (C=O) groups is 1. The van der Waals surface area contributed by atoms with Gasteiger partial charge in [0, 0.05) is 23.2 Å². The fraction of sp³-hybridized carbons (Fsp3) is 0.222. The van der Waals surface area contributed by atoms with Gasteiger partial charge in [0.05, 0.1) is 29.6 Å². The molecule has 8 heteroatoms. The van der Waals surface area contributed by atoms with Crippen molar-refractivity contribution in [3.05, 3.63) is 45.9 Å². The molecule has 0 aliphatic rings. The Morgan fingerprint density at radius 3 is 2.81 bits per heavy atom. The Morgan fingerprint density at radius 2 is 2.08 bits per heavy atom. The molecule has 3 rings (SSSR count). The van der Waals surface area contributed by atoms with Crippen molar-refractivity contribution < 1.29 is 9.53 Å². The molecule has 1 N–H and O–H groups in total. The second-order valence-electron chi connectivity index (χ2n) is 5.72. The summed E-state index contributed by atoms with van der Waals surface area (Å²) < 4.78 is 7.22. The number of imidazole rings is 1. The Kier molecular flexibility index (Phi) is 5.65. The first-order valence-electron chi connectivity index (χ1n) is 7.78. The standard InChI is InChI=1S/C18H17Cl2N3O2S/c1-10-6-14(16(25-3)8-12(10)20)21-17(24)9-26-18-22-13-7-11(19)4-5-15(13)23(18)2/h4-8H,9H2,1-3H3,(H,21,24). The molecule has 5 nitrogen and oxygen atoms in total. The van der Waals surface area contributed by atoms with E-state index in [9.17, 15) is 4.79 Å². The SMILES string of the molecule is COc1cc(Cl)c(C)cc1NC(=O)CSc1nc2cc(Cl)ccc2n1C. The van der Waals surface area contributed by atoms with Crippen LogP contribution in [0.15, 0.2) is 35.5 Å². The lowest BCUT2D eigenvalue weighted by atomic mass is 10.2. The molecule has 0 aliphatic carbocycles. The van der Waals surface area contributed by atoms with Gasteiger partial charge in [-0.2, -0.15) is 0 Å². The summed E-state index contributed by atoms with van der Waals surface area (Å²) in [6.45, 7) is 1.87. The number of benzene rings is 2. The number of hydrogen-bond acceptors (Lipinski definition) is 4. The van der Waals surface area contributed by atoms with Crippen LogP contribution in [0.1, 0.15) is 5.56 Å². The van der Waals surface area contributed by atoms with Crippen molar-refractivity contribution in [3.8, 4) is 5.75 Å². The second kappa shape index (κ2) is 7.78. The topological polar surface area (TPSA) is 56.1 Å². The van der Waals surface area contributed by atoms with E-state index >= 15 is 0 Å². The number of rotatable bonds is 5. The van der Waals surface area contributed by atoms with Gasteiger partial charge in [-0.15, -0.1) is 0 Å². The van der Waals surface area contributed by atoms with E-state index in [0.717, 1.165) is 21.8 Å². The lowest BCUT2D eigenvalue weighted by Crippen LogP contribution is -2.15. The number of carbonyl (C=O) groups excluding carboxylic acids is 1. The highest BCUT2D eigenvalue weighted by molar-refractivity contribution is 7.99. The van der Waals surface area contributed by atoms with Crippen LogP contribution in [0.25, 0.3) is 11.0 Å². The minimum atomic E-state index is -0.153. The molecule has 0 unspecified atom stereocenters. The predicted molar refractivity (Wildman–Crippen MR) is 108 cm³/mol. The summed E-state index contributed by atoms with van der Waals surface area (Å²) in [6.07, 6.45) is 0. The highest BCUT2D eigenvalue weighted by Crippen LogP contribution is 2.31. The average molecular weight is 410 g/mol. The van der Waals surface area contributed by atoms with Crippen LogP contribution in [-0.2, 0) is 11.8 Å². The first-order chi connectivity index (χ1) is 12.4. The van der Waals surface area contributed by atoms with Crippen molar-refractivity contribution in [2.45, 2.75) is 12.1 Å². The maximum atomic E-state index is 12.4. The Balaban J connectivity index is 1.72. The van der Waals surface area contributed by atoms with Gasteiger partial charge in [0.25, 0.3) is 0 Å². The third-order valence-corrected chi connectivity index (χ3v) is 5.56. The van der Waals surface area contributed by atoms with Crippen LogP contribution >= 0.6 is 35.0 Å². The maximum absolute atomic E-state index is 12.4. The summed E-state index contributed by atoms with van der Waals surface area (Å²) >= 11 is 13.5. The predicted octanol–water partition coefficient (Wildman–Crippen LogP) is 4.93. The van der Waals surface area contributed by atoms with Gasteiger partial charge in [-0.05, 0) is 36.8 Å². The molecular weight excluding hydrogens is 393 g/mol. The van der Waals surface area contributed by atoms with Gasteiger partial charge in [-0.3, -0.25) is 4.79 Å². The Morgan fingerprint density at radius 1 is 1.31 bits per heavy atom. The van der Waals surface area contributed by atoms with Crippen molar-refractivity contribution >= 4 is 57.6 Å². The molecule has 1 amide bonds. The number of amides is 1. The van der Waals surface area contributed by atoms with Crippen LogP contribution in [0.3, 0.4) is 0 Å². The normalized spacial score (nSPS) is 11.0. The van der Waals surface area contributed by atoms with Crippen molar-refractivity contribution in [1.29, 1.82) is 0 Å². The molecule has 0 bridgehead atoms. The van der Waals surface area contributed by atoms with Gasteiger partial charge in [0.2, 0.25) is 5.91 Å². The molecule has 0 saturated heterocycles. The minimum absolute atomic E-state index is 0.153. The zero-order chi connectivity index (χ0) is 18.8. The molecule has 3 aromatic rings. The molecule has 0 saturated carbocycles. The Bertz CT molecular complexity index is 988. The minimum Gasteiger partial charge on any atom is -0.495 e. The summed E-state index contributed by atoms with van der Waals surface area (Å²) in [5.74, 6) is 0.590. The van der Waals surface area contributed by atoms with Crippen LogP contribution in [0, 0.1) is 6.92 Å². The Hall–Kier alpha value is -1.89. The monoisotopic (exact) mass is 409 g/mol. The van der Waals surface area contributed by atoms with Gasteiger partial charge in [-0.25, -0.2) is 4.98 Å². The van der Waals surface area contributed by atoms with Crippen LogP contribution in [0.2, 0.25) is 10.0 Å². The van der Waals surface area contributed by atoms with E-state index in [2.05, 4.69) is 10.3 Å². The Labute approximate surface area is 165 Å². The second-order valence-corrected chi connectivity index (χ2v) is 7.51. The highest BCUT2D eigenvalue weighted by atomic mass is 35.5. The average Bonchev–Trinajstić information content (AvgIpc) is 2.91. The number of aromatic nitrogens is 2. The summed E-state index contributed by atoms with van der Waals surface area (Å²) in [7, 11) is 3.45. The molecular formula is C18H17Cl2N3O2S. The molecule has 0 radical (unpaired) electrons. The van der Waals surface area contributed by atoms with E-state index in [4.69, 9.17) is 27.9 Å². The van der Waals surface area contributed by atoms with Crippen LogP contribution in [0.5, 0.6) is 5.75 Å². The van der Waals surface area contributed by atoms with Gasteiger partial charge >= 0.3 is 0 Å². The first kappa shape index (κ1) is 18.9. The zero-order valence-electron chi connectivity index (χ0n) is 14.5. The van der Waals surface area contributed by atoms with Crippen molar-refractivity contribution in [2.24, 2.45) is 7.05 Å². The van der Waals surface area contributed by atoms with Gasteiger partial charge in [0.15, 0.2) is 5.16 Å². The fourth-order valence-electron chi connectivity index (χ4n) is 2.53. The van der Waals surface area contributed by atoms with Gasteiger partial charge in [-0.1, -0.05) is 35.0 Å². The van der Waals surface area contributed by atoms with E-state index < -0.39 is 0 Å². The number of thioether (sulfide) groups is 1. The van der Waals surface area contributed by atoms with Crippen molar-refractivity contribution in [3.63, 3.8) is 0 Å². The number of nitrogens with zero attached hydrogens (tertiary/aromatic N) is 2. The molecule has 0 spiro atoms. The summed E-state index contributed by atoms with van der Waals surface area (Å²) in [6, 6.07) is 9.02. The smallest absolute Gasteiger partial charge is 0.234 e. The van der Waals surface area contributed by atoms with Crippen LogP contribution in [-0.4, -0.2) is 28.3 Å². The number of methoxy groups -OCH3 is 1. The van der Waals surface area contributed by atoms with Crippen LogP contribution in [0.4, 0.5) is 5.69 Å². The zero-order valence-corrected chi connectivity index (χ0v) is 16.8. The van der Waals surface area contributed by atoms with Crippen molar-refractivity contribution in [1.82, 2.24) is 9.55 Å². The number of halogens is 2. The number of nitrogens with one attached hydrogen (secondary N) is 1. The molecule has 0 atom stereocenters. The highest BCUT2D eigenvalue weighted by Gasteiger charge is 2.13. The van der Waals surface area contributed by atoms with Gasteiger partial charge < -0.3 is 14.6 Å². The van der Waals surface area contributed by atoms with E-state index in [1.165, 1.54) is 18.9 Å². The largest absolute Gasteiger partial charge is 0.495 e. The lowest BCUT2D eigenvalue weighted by molar-refractivity contribution is -0.113. The summed E-state index contributed by atoms with van der Waals surface area (Å²) in [5, 5.41) is 4.83. The van der Waals surface area contributed by atoms with Crippen molar-refractivity contribution in [2.75, 3.05) is 18.2 Å². The van der Waals surface area contributed by atoms with Crippen LogP contribution < -0.4 is 10.1 Å². The number of anilines is 1. The number of hydrogen-bond donors (Lipinski definition) is 1. The molecule has 1 heterocycles. The molecule has 136 valence electrons. The lowest BCUT2D eigenvalue weighted by Gasteiger charge is -2.12. The summed E-state index contributed by atoms with van der Waals surface area (Å²) in [5.41, 5.74) is 3.23. The molecule has 0 fully saturated rings. The molecule has 0 aliphatic heterocycles. The van der Waals surface area contributed by atoms with E-state index in [-0.39, 0.29) is 11.7 Å². The molecule has 26 heavy (non-hydrogen) atoms.